The maximum absolute atomic E-state index is 12.8. The Morgan fingerprint density at radius 2 is 1.77 bits per heavy atom. The summed E-state index contributed by atoms with van der Waals surface area (Å²) >= 11 is 9.55. The molecule has 9 heteroatoms. The van der Waals surface area contributed by atoms with Crippen LogP contribution in [-0.4, -0.2) is 33.3 Å². The molecule has 0 fully saturated rings. The van der Waals surface area contributed by atoms with E-state index in [1.54, 1.807) is 12.1 Å². The monoisotopic (exact) mass is 508 g/mol. The predicted molar refractivity (Wildman–Crippen MR) is 123 cm³/mol. The summed E-state index contributed by atoms with van der Waals surface area (Å²) in [6.45, 7) is 4.62. The van der Waals surface area contributed by atoms with Gasteiger partial charge in [0.05, 0.1) is 42.6 Å². The summed E-state index contributed by atoms with van der Waals surface area (Å²) in [5, 5.41) is 12.6. The minimum Gasteiger partial charge on any atom is -0.495 e. The molecule has 7 nitrogen and oxygen atoms in total. The first-order chi connectivity index (χ1) is 14.9. The third-order valence-corrected chi connectivity index (χ3v) is 4.90. The zero-order valence-electron chi connectivity index (χ0n) is 17.5. The van der Waals surface area contributed by atoms with Crippen LogP contribution in [0, 0.1) is 11.3 Å². The highest BCUT2D eigenvalue weighted by Gasteiger charge is 2.17. The number of ether oxygens (including phenoxy) is 4. The van der Waals surface area contributed by atoms with Crippen molar-refractivity contribution in [3.63, 3.8) is 0 Å². The Labute approximate surface area is 194 Å². The average Bonchev–Trinajstić information content (AvgIpc) is 2.75. The summed E-state index contributed by atoms with van der Waals surface area (Å²) < 4.78 is 22.3. The number of carbonyl (C=O) groups is 1. The quantitative estimate of drug-likeness (QED) is 0.356. The molecule has 0 heterocycles. The van der Waals surface area contributed by atoms with Crippen LogP contribution < -0.4 is 24.3 Å². The van der Waals surface area contributed by atoms with Gasteiger partial charge in [-0.25, -0.2) is 0 Å². The zero-order chi connectivity index (χ0) is 23.0. The average molecular weight is 510 g/mol. The lowest BCUT2D eigenvalue weighted by Crippen LogP contribution is -2.14. The van der Waals surface area contributed by atoms with Crippen molar-refractivity contribution in [2.45, 2.75) is 13.8 Å². The lowest BCUT2D eigenvalue weighted by Gasteiger charge is -2.14. The molecular weight excluding hydrogens is 488 g/mol. The topological polar surface area (TPSA) is 89.8 Å². The van der Waals surface area contributed by atoms with Crippen LogP contribution in [-0.2, 0) is 4.79 Å². The Bertz CT molecular complexity index is 1030. The molecular formula is C22H22BrClN2O5. The van der Waals surface area contributed by atoms with Gasteiger partial charge in [0.1, 0.15) is 23.1 Å². The third-order valence-electron chi connectivity index (χ3n) is 4.02. The van der Waals surface area contributed by atoms with E-state index in [2.05, 4.69) is 21.2 Å². The Hall–Kier alpha value is -2.89. The number of nitriles is 1. The first-order valence-electron chi connectivity index (χ1n) is 9.32. The number of methoxy groups -OCH3 is 2. The number of anilines is 1. The molecule has 2 rings (SSSR count). The molecule has 164 valence electrons. The highest BCUT2D eigenvalue weighted by molar-refractivity contribution is 9.10. The van der Waals surface area contributed by atoms with E-state index in [1.165, 1.54) is 32.4 Å². The standard InChI is InChI=1S/C22H22BrClN2O5/c1-5-30-20-9-13(8-15(23)21(20)31-6-2)7-14(12-25)22(27)26-17-11-18(28-3)16(24)10-19(17)29-4/h7-11H,5-6H2,1-4H3,(H,26,27)/b14-7+. The van der Waals surface area contributed by atoms with Gasteiger partial charge in [-0.05, 0) is 53.5 Å². The summed E-state index contributed by atoms with van der Waals surface area (Å²) in [4.78, 5) is 12.8. The zero-order valence-corrected chi connectivity index (χ0v) is 19.9. The van der Waals surface area contributed by atoms with E-state index in [0.717, 1.165) is 0 Å². The van der Waals surface area contributed by atoms with Gasteiger partial charge in [0, 0.05) is 12.1 Å². The summed E-state index contributed by atoms with van der Waals surface area (Å²) in [5.74, 6) is 1.14. The van der Waals surface area contributed by atoms with Gasteiger partial charge in [-0.3, -0.25) is 4.79 Å². The minimum absolute atomic E-state index is 0.116. The second-order valence-electron chi connectivity index (χ2n) is 6.01. The number of hydrogen-bond acceptors (Lipinski definition) is 6. The number of benzene rings is 2. The number of halogens is 2. The van der Waals surface area contributed by atoms with Gasteiger partial charge in [0.15, 0.2) is 11.5 Å². The van der Waals surface area contributed by atoms with Crippen molar-refractivity contribution >= 4 is 45.2 Å². The van der Waals surface area contributed by atoms with Crippen LogP contribution in [0.2, 0.25) is 5.02 Å². The molecule has 0 aliphatic heterocycles. The molecule has 0 aliphatic rings. The maximum Gasteiger partial charge on any atom is 0.266 e. The molecule has 0 bridgehead atoms. The van der Waals surface area contributed by atoms with Crippen molar-refractivity contribution in [3.05, 3.63) is 44.9 Å². The van der Waals surface area contributed by atoms with Crippen LogP contribution in [0.4, 0.5) is 5.69 Å². The minimum atomic E-state index is -0.617. The Kier molecular flexibility index (Phi) is 9.03. The van der Waals surface area contributed by atoms with E-state index in [0.29, 0.717) is 57.0 Å². The van der Waals surface area contributed by atoms with E-state index in [1.807, 2.05) is 19.9 Å². The summed E-state index contributed by atoms with van der Waals surface area (Å²) in [5.41, 5.74) is 0.790. The first kappa shape index (κ1) is 24.4. The highest BCUT2D eigenvalue weighted by Crippen LogP contribution is 2.38. The van der Waals surface area contributed by atoms with Gasteiger partial charge >= 0.3 is 0 Å². The fraction of sp³-hybridized carbons (Fsp3) is 0.273. The van der Waals surface area contributed by atoms with Gasteiger partial charge in [-0.1, -0.05) is 11.6 Å². The van der Waals surface area contributed by atoms with E-state index < -0.39 is 5.91 Å². The maximum atomic E-state index is 12.8. The fourth-order valence-corrected chi connectivity index (χ4v) is 3.49. The van der Waals surface area contributed by atoms with Gasteiger partial charge in [-0.15, -0.1) is 0 Å². The molecule has 0 radical (unpaired) electrons. The summed E-state index contributed by atoms with van der Waals surface area (Å²) in [6.07, 6.45) is 1.46. The van der Waals surface area contributed by atoms with E-state index in [9.17, 15) is 10.1 Å². The van der Waals surface area contributed by atoms with Gasteiger partial charge in [0.25, 0.3) is 5.91 Å². The summed E-state index contributed by atoms with van der Waals surface area (Å²) in [6, 6.07) is 8.41. The highest BCUT2D eigenvalue weighted by atomic mass is 79.9. The van der Waals surface area contributed by atoms with Crippen LogP contribution in [0.5, 0.6) is 23.0 Å². The van der Waals surface area contributed by atoms with Crippen molar-refractivity contribution in [1.29, 1.82) is 5.26 Å². The molecule has 1 amide bonds. The number of amides is 1. The Balaban J connectivity index is 2.40. The molecule has 0 saturated heterocycles. The molecule has 2 aromatic rings. The van der Waals surface area contributed by atoms with E-state index in [4.69, 9.17) is 30.5 Å². The van der Waals surface area contributed by atoms with E-state index in [-0.39, 0.29) is 5.57 Å². The van der Waals surface area contributed by atoms with Gasteiger partial charge < -0.3 is 24.3 Å². The number of hydrogen-bond donors (Lipinski definition) is 1. The first-order valence-corrected chi connectivity index (χ1v) is 10.5. The molecule has 0 atom stereocenters. The van der Waals surface area contributed by atoms with E-state index >= 15 is 0 Å². The molecule has 0 saturated carbocycles. The van der Waals surface area contributed by atoms with Crippen molar-refractivity contribution in [3.8, 4) is 29.1 Å². The normalized spacial score (nSPS) is 10.8. The van der Waals surface area contributed by atoms with Gasteiger partial charge in [0.2, 0.25) is 0 Å². The Morgan fingerprint density at radius 3 is 2.35 bits per heavy atom. The molecule has 0 aliphatic carbocycles. The molecule has 1 N–H and O–H groups in total. The van der Waals surface area contributed by atoms with Gasteiger partial charge in [-0.2, -0.15) is 5.26 Å². The molecule has 0 aromatic heterocycles. The number of rotatable bonds is 9. The SMILES string of the molecule is CCOc1cc(/C=C(\C#N)C(=O)Nc2cc(OC)c(Cl)cc2OC)cc(Br)c1OCC. The third kappa shape index (κ3) is 6.06. The fourth-order valence-electron chi connectivity index (χ4n) is 2.68. The summed E-state index contributed by atoms with van der Waals surface area (Å²) in [7, 11) is 2.90. The lowest BCUT2D eigenvalue weighted by molar-refractivity contribution is -0.112. The number of carbonyl (C=O) groups excluding carboxylic acids is 1. The van der Waals surface area contributed by atoms with Crippen LogP contribution >= 0.6 is 27.5 Å². The molecule has 31 heavy (non-hydrogen) atoms. The second-order valence-corrected chi connectivity index (χ2v) is 7.27. The van der Waals surface area contributed by atoms with Crippen molar-refractivity contribution in [2.24, 2.45) is 0 Å². The van der Waals surface area contributed by atoms with Crippen LogP contribution in [0.25, 0.3) is 6.08 Å². The lowest BCUT2D eigenvalue weighted by atomic mass is 10.1. The van der Waals surface area contributed by atoms with Crippen LogP contribution in [0.3, 0.4) is 0 Å². The second kappa shape index (κ2) is 11.5. The smallest absolute Gasteiger partial charge is 0.266 e. The Morgan fingerprint density at radius 1 is 1.10 bits per heavy atom. The molecule has 0 unspecified atom stereocenters. The van der Waals surface area contributed by atoms with Crippen molar-refractivity contribution in [1.82, 2.24) is 0 Å². The van der Waals surface area contributed by atoms with Crippen molar-refractivity contribution < 1.29 is 23.7 Å². The van der Waals surface area contributed by atoms with Crippen molar-refractivity contribution in [2.75, 3.05) is 32.8 Å². The van der Waals surface area contributed by atoms with Crippen LogP contribution in [0.1, 0.15) is 19.4 Å². The van der Waals surface area contributed by atoms with Crippen LogP contribution in [0.15, 0.2) is 34.3 Å². The number of nitrogens with one attached hydrogen (secondary N) is 1. The molecule has 0 spiro atoms. The number of nitrogens with zero attached hydrogens (tertiary/aromatic N) is 1. The predicted octanol–water partition coefficient (Wildman–Crippen LogP) is 5.46. The molecule has 2 aromatic carbocycles. The largest absolute Gasteiger partial charge is 0.495 e.